The average molecular weight is 426 g/mol. The van der Waals surface area contributed by atoms with Crippen molar-refractivity contribution in [3.05, 3.63) is 66.7 Å². The van der Waals surface area contributed by atoms with Gasteiger partial charge in [-0.2, -0.15) is 0 Å². The fourth-order valence-electron chi connectivity index (χ4n) is 4.29. The number of benzene rings is 3. The van der Waals surface area contributed by atoms with Crippen LogP contribution < -0.4 is 5.46 Å². The molecule has 31 heavy (non-hydrogen) atoms. The summed E-state index contributed by atoms with van der Waals surface area (Å²) in [7, 11) is -0.374. The van der Waals surface area contributed by atoms with Crippen molar-refractivity contribution in [2.75, 3.05) is 0 Å². The predicted molar refractivity (Wildman–Crippen MR) is 129 cm³/mol. The number of imidazole rings is 1. The minimum absolute atomic E-state index is 0.358. The maximum Gasteiger partial charge on any atom is 0.494 e. The molecular formula is C25H23BN2O2S. The van der Waals surface area contributed by atoms with Gasteiger partial charge in [0.15, 0.2) is 4.96 Å². The molecule has 0 atom stereocenters. The summed E-state index contributed by atoms with van der Waals surface area (Å²) in [6.07, 6.45) is 0. The van der Waals surface area contributed by atoms with E-state index in [0.29, 0.717) is 0 Å². The number of nitrogens with zero attached hydrogens (tertiary/aromatic N) is 2. The first kappa shape index (κ1) is 19.1. The molecule has 3 heterocycles. The number of para-hydroxylation sites is 3. The summed E-state index contributed by atoms with van der Waals surface area (Å²) in [5.74, 6) is 0. The first-order chi connectivity index (χ1) is 14.8. The van der Waals surface area contributed by atoms with Crippen LogP contribution in [0.2, 0.25) is 0 Å². The van der Waals surface area contributed by atoms with Crippen LogP contribution in [-0.4, -0.2) is 27.7 Å². The van der Waals surface area contributed by atoms with Crippen molar-refractivity contribution in [2.45, 2.75) is 38.9 Å². The van der Waals surface area contributed by atoms with Gasteiger partial charge in [0.1, 0.15) is 0 Å². The maximum absolute atomic E-state index is 6.29. The van der Waals surface area contributed by atoms with Crippen LogP contribution in [0, 0.1) is 0 Å². The Morgan fingerprint density at radius 2 is 1.61 bits per heavy atom. The Labute approximate surface area is 185 Å². The smallest absolute Gasteiger partial charge is 0.399 e. The molecule has 3 aromatic carbocycles. The normalized spacial score (nSPS) is 17.9. The Morgan fingerprint density at radius 1 is 0.871 bits per heavy atom. The molecule has 0 N–H and O–H groups in total. The molecule has 4 nitrogen and oxygen atoms in total. The number of hydrogen-bond acceptors (Lipinski definition) is 4. The van der Waals surface area contributed by atoms with E-state index in [-0.39, 0.29) is 18.3 Å². The van der Waals surface area contributed by atoms with E-state index in [9.17, 15) is 0 Å². The lowest BCUT2D eigenvalue weighted by Crippen LogP contribution is -2.41. The van der Waals surface area contributed by atoms with Gasteiger partial charge in [-0.3, -0.25) is 4.40 Å². The van der Waals surface area contributed by atoms with Crippen LogP contribution in [0.15, 0.2) is 66.7 Å². The molecule has 6 heteroatoms. The molecule has 1 saturated heterocycles. The first-order valence-corrected chi connectivity index (χ1v) is 11.4. The monoisotopic (exact) mass is 426 g/mol. The third-order valence-corrected chi connectivity index (χ3v) is 7.68. The number of thiazole rings is 1. The van der Waals surface area contributed by atoms with Gasteiger partial charge in [0, 0.05) is 5.56 Å². The molecule has 0 aliphatic carbocycles. The fraction of sp³-hybridized carbons (Fsp3) is 0.240. The Morgan fingerprint density at radius 3 is 2.42 bits per heavy atom. The van der Waals surface area contributed by atoms with Crippen molar-refractivity contribution in [2.24, 2.45) is 0 Å². The first-order valence-electron chi connectivity index (χ1n) is 10.6. The van der Waals surface area contributed by atoms with Crippen LogP contribution in [-0.2, 0) is 9.31 Å². The van der Waals surface area contributed by atoms with Gasteiger partial charge in [-0.25, -0.2) is 4.98 Å². The molecule has 154 valence electrons. The maximum atomic E-state index is 6.29. The van der Waals surface area contributed by atoms with Crippen molar-refractivity contribution in [3.8, 4) is 11.1 Å². The second kappa shape index (κ2) is 6.42. The van der Waals surface area contributed by atoms with E-state index in [1.54, 1.807) is 11.3 Å². The van der Waals surface area contributed by atoms with Crippen molar-refractivity contribution < 1.29 is 9.31 Å². The van der Waals surface area contributed by atoms with Crippen LogP contribution in [0.5, 0.6) is 0 Å². The van der Waals surface area contributed by atoms with Crippen molar-refractivity contribution >= 4 is 50.1 Å². The lowest BCUT2D eigenvalue weighted by atomic mass is 9.78. The minimum Gasteiger partial charge on any atom is -0.399 e. The number of fused-ring (bicyclic) bond motifs is 5. The van der Waals surface area contributed by atoms with Crippen LogP contribution >= 0.6 is 11.3 Å². The topological polar surface area (TPSA) is 35.8 Å². The SMILES string of the molecule is CC1(C)OB(c2cccc(-c3cccc4sc5nc6ccccc6n5c34)c2)OC1(C)C. The van der Waals surface area contributed by atoms with Gasteiger partial charge in [-0.05, 0) is 56.9 Å². The van der Waals surface area contributed by atoms with Crippen molar-refractivity contribution in [3.63, 3.8) is 0 Å². The average Bonchev–Trinajstić information content (AvgIpc) is 3.35. The highest BCUT2D eigenvalue weighted by atomic mass is 32.1. The van der Waals surface area contributed by atoms with Gasteiger partial charge in [-0.1, -0.05) is 59.9 Å². The highest BCUT2D eigenvalue weighted by Gasteiger charge is 2.51. The summed E-state index contributed by atoms with van der Waals surface area (Å²) in [4.78, 5) is 5.86. The van der Waals surface area contributed by atoms with E-state index in [2.05, 4.69) is 92.8 Å². The zero-order valence-corrected chi connectivity index (χ0v) is 18.9. The quantitative estimate of drug-likeness (QED) is 0.342. The molecule has 5 aromatic rings. The summed E-state index contributed by atoms with van der Waals surface area (Å²) in [5.41, 5.74) is 6.01. The molecule has 0 amide bonds. The third kappa shape index (κ3) is 2.79. The van der Waals surface area contributed by atoms with Crippen LogP contribution in [0.3, 0.4) is 0 Å². The Hall–Kier alpha value is -2.67. The van der Waals surface area contributed by atoms with E-state index in [0.717, 1.165) is 27.0 Å². The number of aromatic nitrogens is 2. The van der Waals surface area contributed by atoms with Gasteiger partial charge in [-0.15, -0.1) is 0 Å². The second-order valence-corrected chi connectivity index (χ2v) is 10.2. The summed E-state index contributed by atoms with van der Waals surface area (Å²) in [5, 5.41) is 0. The Kier molecular flexibility index (Phi) is 3.95. The van der Waals surface area contributed by atoms with Gasteiger partial charge in [0.2, 0.25) is 0 Å². The molecule has 0 unspecified atom stereocenters. The van der Waals surface area contributed by atoms with E-state index in [1.807, 2.05) is 6.07 Å². The standard InChI is InChI=1S/C25H23BN2O2S/c1-24(2)25(3,4)30-26(29-24)17-10-7-9-16(15-17)18-11-8-14-21-22(18)28-20-13-6-5-12-19(20)27-23(28)31-21/h5-15H,1-4H3. The molecular weight excluding hydrogens is 403 g/mol. The summed E-state index contributed by atoms with van der Waals surface area (Å²) >= 11 is 1.73. The minimum atomic E-state index is -0.374. The van der Waals surface area contributed by atoms with Crippen LogP contribution in [0.4, 0.5) is 0 Å². The third-order valence-electron chi connectivity index (χ3n) is 6.68. The van der Waals surface area contributed by atoms with Gasteiger partial charge in [0.05, 0.1) is 32.5 Å². The van der Waals surface area contributed by atoms with E-state index in [4.69, 9.17) is 14.3 Å². The molecule has 0 spiro atoms. The summed E-state index contributed by atoms with van der Waals surface area (Å²) in [6.45, 7) is 8.35. The zero-order chi connectivity index (χ0) is 21.4. The van der Waals surface area contributed by atoms with Gasteiger partial charge in [0.25, 0.3) is 0 Å². The lowest BCUT2D eigenvalue weighted by molar-refractivity contribution is 0.00578. The largest absolute Gasteiger partial charge is 0.494 e. The highest BCUT2D eigenvalue weighted by Crippen LogP contribution is 2.38. The Balaban J connectivity index is 1.53. The fourth-order valence-corrected chi connectivity index (χ4v) is 5.35. The molecule has 1 aliphatic heterocycles. The predicted octanol–water partition coefficient (Wildman–Crippen LogP) is 5.67. The molecule has 0 radical (unpaired) electrons. The molecule has 1 aliphatic rings. The van der Waals surface area contributed by atoms with E-state index >= 15 is 0 Å². The number of hydrogen-bond donors (Lipinski definition) is 0. The molecule has 1 fully saturated rings. The zero-order valence-electron chi connectivity index (χ0n) is 18.0. The van der Waals surface area contributed by atoms with E-state index < -0.39 is 0 Å². The Bertz CT molecular complexity index is 1450. The van der Waals surface area contributed by atoms with Gasteiger partial charge >= 0.3 is 7.12 Å². The molecule has 6 rings (SSSR count). The van der Waals surface area contributed by atoms with Crippen molar-refractivity contribution in [1.82, 2.24) is 9.38 Å². The van der Waals surface area contributed by atoms with E-state index in [1.165, 1.54) is 15.8 Å². The molecule has 0 bridgehead atoms. The molecule has 2 aromatic heterocycles. The van der Waals surface area contributed by atoms with Crippen LogP contribution in [0.1, 0.15) is 27.7 Å². The second-order valence-electron chi connectivity index (χ2n) is 9.19. The lowest BCUT2D eigenvalue weighted by Gasteiger charge is -2.32. The van der Waals surface area contributed by atoms with Crippen molar-refractivity contribution in [1.29, 1.82) is 0 Å². The molecule has 0 saturated carbocycles. The summed E-state index contributed by atoms with van der Waals surface area (Å²) in [6, 6.07) is 23.3. The number of rotatable bonds is 2. The summed E-state index contributed by atoms with van der Waals surface area (Å²) < 4.78 is 16.1. The van der Waals surface area contributed by atoms with Gasteiger partial charge < -0.3 is 9.31 Å². The van der Waals surface area contributed by atoms with Crippen LogP contribution in [0.25, 0.3) is 37.3 Å². The highest BCUT2D eigenvalue weighted by molar-refractivity contribution is 7.23.